The average molecular weight is 583 g/mol. The molecule has 4 aliphatic rings. The van der Waals surface area contributed by atoms with Gasteiger partial charge in [-0.15, -0.1) is 13.2 Å². The molecule has 0 unspecified atom stereocenters. The van der Waals surface area contributed by atoms with Crippen LogP contribution in [-0.2, 0) is 19.2 Å². The van der Waals surface area contributed by atoms with Crippen molar-refractivity contribution in [2.24, 2.45) is 29.1 Å². The maximum absolute atomic E-state index is 14.3. The standard InChI is InChI=1S/C31H29F3N2O6/c1-3-13-35-26(38)19-11-10-18-20(24(19)28(35)40)15-22-27(39)36(16-7-5-4-6-8-16)29(41)30(22,2)25(18)21-14-17(9-12-23(21)37)42-31(32,33)34/h4-10,12,14,19-20,22,24-25,37H,3,11,13,15H2,1-2H3/t19-,20+,22-,24-,25+,30+/m0/s1. The summed E-state index contributed by atoms with van der Waals surface area (Å²) in [6, 6.07) is 11.4. The molecule has 3 fully saturated rings. The Hall–Kier alpha value is -4.15. The normalized spacial score (nSPS) is 30.7. The molecule has 0 spiro atoms. The van der Waals surface area contributed by atoms with Crippen molar-refractivity contribution in [1.82, 2.24) is 4.90 Å². The zero-order valence-corrected chi connectivity index (χ0v) is 22.9. The van der Waals surface area contributed by atoms with Crippen LogP contribution < -0.4 is 9.64 Å². The van der Waals surface area contributed by atoms with Gasteiger partial charge in [0.05, 0.1) is 28.9 Å². The largest absolute Gasteiger partial charge is 0.573 e. The monoisotopic (exact) mass is 582 g/mol. The number of likely N-dealkylation sites (tertiary alicyclic amines) is 1. The van der Waals surface area contributed by atoms with E-state index in [0.717, 1.165) is 23.1 Å². The van der Waals surface area contributed by atoms with Gasteiger partial charge >= 0.3 is 6.36 Å². The predicted molar refractivity (Wildman–Crippen MR) is 143 cm³/mol. The molecule has 0 aromatic heterocycles. The van der Waals surface area contributed by atoms with E-state index in [1.54, 1.807) is 43.3 Å². The van der Waals surface area contributed by atoms with Crippen molar-refractivity contribution in [3.63, 3.8) is 0 Å². The molecular weight excluding hydrogens is 553 g/mol. The number of ether oxygens (including phenoxy) is 1. The molecule has 6 atom stereocenters. The Labute approximate surface area is 239 Å². The Bertz CT molecular complexity index is 1520. The Morgan fingerprint density at radius 2 is 1.71 bits per heavy atom. The Balaban J connectivity index is 1.53. The maximum Gasteiger partial charge on any atom is 0.573 e. The highest BCUT2D eigenvalue weighted by molar-refractivity contribution is 6.24. The second-order valence-corrected chi connectivity index (χ2v) is 11.6. The number of amides is 4. The van der Waals surface area contributed by atoms with Crippen LogP contribution in [0.2, 0.25) is 0 Å². The van der Waals surface area contributed by atoms with Gasteiger partial charge < -0.3 is 9.84 Å². The van der Waals surface area contributed by atoms with Gasteiger partial charge in [0.15, 0.2) is 0 Å². The van der Waals surface area contributed by atoms with E-state index in [4.69, 9.17) is 0 Å². The summed E-state index contributed by atoms with van der Waals surface area (Å²) in [6.45, 7) is 3.71. The summed E-state index contributed by atoms with van der Waals surface area (Å²) in [7, 11) is 0. The third kappa shape index (κ3) is 4.04. The van der Waals surface area contributed by atoms with Gasteiger partial charge in [0.1, 0.15) is 11.5 Å². The van der Waals surface area contributed by atoms with Gasteiger partial charge in [0, 0.05) is 18.0 Å². The summed E-state index contributed by atoms with van der Waals surface area (Å²) in [5.41, 5.74) is -0.621. The number of imide groups is 2. The van der Waals surface area contributed by atoms with E-state index >= 15 is 0 Å². The van der Waals surface area contributed by atoms with Crippen molar-refractivity contribution in [3.05, 3.63) is 65.7 Å². The number of carbonyl (C=O) groups is 4. The summed E-state index contributed by atoms with van der Waals surface area (Å²) in [4.78, 5) is 57.5. The van der Waals surface area contributed by atoms with Crippen molar-refractivity contribution in [2.45, 2.75) is 45.4 Å². The summed E-state index contributed by atoms with van der Waals surface area (Å²) in [5, 5.41) is 11.0. The summed E-state index contributed by atoms with van der Waals surface area (Å²) in [5.74, 6) is -6.72. The van der Waals surface area contributed by atoms with Crippen LogP contribution in [0.1, 0.15) is 44.6 Å². The molecule has 2 saturated heterocycles. The molecule has 0 radical (unpaired) electrons. The number of aromatic hydroxyl groups is 1. The van der Waals surface area contributed by atoms with Gasteiger partial charge in [-0.25, -0.2) is 4.90 Å². The molecular formula is C31H29F3N2O6. The van der Waals surface area contributed by atoms with E-state index in [0.29, 0.717) is 17.7 Å². The van der Waals surface area contributed by atoms with Crippen molar-refractivity contribution in [1.29, 1.82) is 0 Å². The number of fused-ring (bicyclic) bond motifs is 4. The number of para-hydroxylation sites is 1. The van der Waals surface area contributed by atoms with E-state index in [2.05, 4.69) is 4.74 Å². The molecule has 1 saturated carbocycles. The summed E-state index contributed by atoms with van der Waals surface area (Å²) < 4.78 is 43.7. The first-order valence-corrected chi connectivity index (χ1v) is 14.0. The lowest BCUT2D eigenvalue weighted by molar-refractivity contribution is -0.274. The topological polar surface area (TPSA) is 104 Å². The number of nitrogens with zero attached hydrogens (tertiary/aromatic N) is 2. The van der Waals surface area contributed by atoms with E-state index in [9.17, 15) is 37.5 Å². The molecule has 2 heterocycles. The average Bonchev–Trinajstić information content (AvgIpc) is 3.30. The highest BCUT2D eigenvalue weighted by atomic mass is 19.4. The van der Waals surface area contributed by atoms with Gasteiger partial charge in [0.25, 0.3) is 0 Å². The molecule has 11 heteroatoms. The minimum atomic E-state index is -5.00. The highest BCUT2D eigenvalue weighted by Crippen LogP contribution is 2.64. The van der Waals surface area contributed by atoms with Crippen LogP contribution in [0.15, 0.2) is 60.2 Å². The van der Waals surface area contributed by atoms with Crippen LogP contribution >= 0.6 is 0 Å². The number of benzene rings is 2. The molecule has 42 heavy (non-hydrogen) atoms. The number of alkyl halides is 3. The molecule has 1 N–H and O–H groups in total. The third-order valence-electron chi connectivity index (χ3n) is 9.37. The molecule has 2 aromatic carbocycles. The molecule has 6 rings (SSSR count). The fourth-order valence-electron chi connectivity index (χ4n) is 7.65. The lowest BCUT2D eigenvalue weighted by Crippen LogP contribution is -2.48. The van der Waals surface area contributed by atoms with Crippen LogP contribution in [0.25, 0.3) is 0 Å². The molecule has 8 nitrogen and oxygen atoms in total. The summed E-state index contributed by atoms with van der Waals surface area (Å²) >= 11 is 0. The second-order valence-electron chi connectivity index (χ2n) is 11.6. The van der Waals surface area contributed by atoms with Crippen molar-refractivity contribution < 1.29 is 42.2 Å². The van der Waals surface area contributed by atoms with Gasteiger partial charge in [-0.3, -0.25) is 24.1 Å². The van der Waals surface area contributed by atoms with Gasteiger partial charge in [0.2, 0.25) is 23.6 Å². The Morgan fingerprint density at radius 3 is 2.38 bits per heavy atom. The molecule has 2 aliphatic heterocycles. The number of halogens is 3. The fraction of sp³-hybridized carbons (Fsp3) is 0.419. The number of allylic oxidation sites excluding steroid dienone is 2. The minimum absolute atomic E-state index is 0.0168. The SMILES string of the molecule is CCCN1C(=O)[C@H]2[C@H](CC=C3[C@H]2C[C@H]2C(=O)N(c4ccccc4)C(=O)[C@@]2(C)[C@H]3c2cc(OC(F)(F)F)ccc2O)C1=O. The quantitative estimate of drug-likeness (QED) is 0.396. The summed E-state index contributed by atoms with van der Waals surface area (Å²) in [6.07, 6.45) is -2.35. The first-order valence-electron chi connectivity index (χ1n) is 14.0. The number of hydrogen-bond donors (Lipinski definition) is 1. The third-order valence-corrected chi connectivity index (χ3v) is 9.37. The number of hydrogen-bond acceptors (Lipinski definition) is 6. The molecule has 2 aliphatic carbocycles. The number of anilines is 1. The van der Waals surface area contributed by atoms with Gasteiger partial charge in [-0.2, -0.15) is 0 Å². The van der Waals surface area contributed by atoms with Crippen LogP contribution in [-0.4, -0.2) is 46.5 Å². The zero-order valence-electron chi connectivity index (χ0n) is 22.9. The van der Waals surface area contributed by atoms with Crippen LogP contribution in [0.5, 0.6) is 11.5 Å². The van der Waals surface area contributed by atoms with Crippen molar-refractivity contribution >= 4 is 29.3 Å². The molecule has 220 valence electrons. The van der Waals surface area contributed by atoms with Crippen LogP contribution in [0, 0.1) is 29.1 Å². The Morgan fingerprint density at radius 1 is 1.00 bits per heavy atom. The first-order chi connectivity index (χ1) is 19.9. The van der Waals surface area contributed by atoms with Gasteiger partial charge in [-0.1, -0.05) is 36.8 Å². The van der Waals surface area contributed by atoms with E-state index in [1.807, 2.05) is 6.92 Å². The lowest BCUT2D eigenvalue weighted by atomic mass is 9.51. The second kappa shape index (κ2) is 9.71. The first kappa shape index (κ1) is 28.0. The zero-order chi connectivity index (χ0) is 30.1. The number of phenols is 1. The Kier molecular flexibility index (Phi) is 6.47. The number of carbonyl (C=O) groups excluding carboxylic acids is 4. The van der Waals surface area contributed by atoms with Crippen LogP contribution in [0.3, 0.4) is 0 Å². The molecule has 4 amide bonds. The van der Waals surface area contributed by atoms with Gasteiger partial charge in [-0.05, 0) is 62.4 Å². The van der Waals surface area contributed by atoms with Crippen molar-refractivity contribution in [2.75, 3.05) is 11.4 Å². The van der Waals surface area contributed by atoms with E-state index < -0.39 is 58.9 Å². The predicted octanol–water partition coefficient (Wildman–Crippen LogP) is 4.93. The minimum Gasteiger partial charge on any atom is -0.508 e. The maximum atomic E-state index is 14.3. The number of phenolic OH excluding ortho intramolecular Hbond substituents is 1. The van der Waals surface area contributed by atoms with E-state index in [-0.39, 0.29) is 42.5 Å². The highest BCUT2D eigenvalue weighted by Gasteiger charge is 2.67. The molecule has 2 aromatic rings. The van der Waals surface area contributed by atoms with Crippen LogP contribution in [0.4, 0.5) is 18.9 Å². The molecule has 0 bridgehead atoms. The lowest BCUT2D eigenvalue weighted by Gasteiger charge is -2.49. The van der Waals surface area contributed by atoms with Crippen molar-refractivity contribution in [3.8, 4) is 11.5 Å². The smallest absolute Gasteiger partial charge is 0.508 e. The number of rotatable bonds is 5. The van der Waals surface area contributed by atoms with E-state index in [1.165, 1.54) is 4.90 Å². The fourth-order valence-corrected chi connectivity index (χ4v) is 7.65.